The van der Waals surface area contributed by atoms with Crippen LogP contribution in [0.3, 0.4) is 0 Å². The number of nitrogens with zero attached hydrogens (tertiary/aromatic N) is 2. The van der Waals surface area contributed by atoms with Gasteiger partial charge in [-0.1, -0.05) is 38.8 Å². The lowest BCUT2D eigenvalue weighted by Gasteiger charge is -2.11. The predicted octanol–water partition coefficient (Wildman–Crippen LogP) is 5.70. The zero-order valence-corrected chi connectivity index (χ0v) is 20.0. The van der Waals surface area contributed by atoms with Crippen molar-refractivity contribution in [2.24, 2.45) is 0 Å². The van der Waals surface area contributed by atoms with Crippen molar-refractivity contribution in [3.63, 3.8) is 0 Å². The Hall–Kier alpha value is -2.35. The number of rotatable bonds is 9. The highest BCUT2D eigenvalue weighted by molar-refractivity contribution is 7.89. The van der Waals surface area contributed by atoms with E-state index in [1.54, 1.807) is 30.6 Å². The second-order valence-corrected chi connectivity index (χ2v) is 8.58. The highest BCUT2D eigenvalue weighted by Crippen LogP contribution is 2.31. The fourth-order valence-electron chi connectivity index (χ4n) is 2.91. The summed E-state index contributed by atoms with van der Waals surface area (Å²) in [6.07, 6.45) is 3.35. The quantitative estimate of drug-likeness (QED) is 0.413. The summed E-state index contributed by atoms with van der Waals surface area (Å²) in [5, 5.41) is 0.368. The number of unbranched alkanes of at least 4 members (excludes halogenated alkanes) is 1. The minimum absolute atomic E-state index is 0.228. The Kier molecular flexibility index (Phi) is 9.55. The summed E-state index contributed by atoms with van der Waals surface area (Å²) < 4.78 is 34.7. The lowest BCUT2D eigenvalue weighted by atomic mass is 10.1. The fraction of sp³-hybridized carbons (Fsp3) is 0.348. The summed E-state index contributed by atoms with van der Waals surface area (Å²) >= 11 is 6.34. The van der Waals surface area contributed by atoms with Gasteiger partial charge in [0.05, 0.1) is 17.2 Å². The highest BCUT2D eigenvalue weighted by atomic mass is 35.5. The molecule has 2 aromatic carbocycles. The molecule has 6 nitrogen and oxygen atoms in total. The fourth-order valence-corrected chi connectivity index (χ4v) is 4.23. The molecule has 1 N–H and O–H groups in total. The Balaban J connectivity index is 0.00000166. The second-order valence-electron chi connectivity index (χ2n) is 6.46. The van der Waals surface area contributed by atoms with Gasteiger partial charge in [-0.15, -0.1) is 0 Å². The van der Waals surface area contributed by atoms with E-state index in [0.29, 0.717) is 18.3 Å². The Morgan fingerprint density at radius 2 is 1.68 bits per heavy atom. The molecule has 0 saturated carbocycles. The summed E-state index contributed by atoms with van der Waals surface area (Å²) in [6, 6.07) is 14.2. The molecule has 168 valence electrons. The first-order valence-electron chi connectivity index (χ1n) is 10.5. The molecule has 31 heavy (non-hydrogen) atoms. The molecule has 0 aliphatic heterocycles. The van der Waals surface area contributed by atoms with Crippen molar-refractivity contribution in [1.29, 1.82) is 0 Å². The molecule has 3 rings (SSSR count). The number of halogens is 1. The largest absolute Gasteiger partial charge is 0.494 e. The first kappa shape index (κ1) is 24.9. The topological polar surface area (TPSA) is 73.2 Å². The van der Waals surface area contributed by atoms with E-state index in [9.17, 15) is 8.42 Å². The minimum Gasteiger partial charge on any atom is -0.494 e. The average molecular weight is 464 g/mol. The zero-order valence-electron chi connectivity index (χ0n) is 18.4. The van der Waals surface area contributed by atoms with Crippen molar-refractivity contribution >= 4 is 21.6 Å². The van der Waals surface area contributed by atoms with E-state index in [-0.39, 0.29) is 4.90 Å². The van der Waals surface area contributed by atoms with Crippen LogP contribution in [0.15, 0.2) is 59.8 Å². The SMILES string of the molecule is CC.CCCCNS(=O)(=O)c1ccc(-n2cnc(Cl)c2-c2ccc(OCC)cc2)cc1. The van der Waals surface area contributed by atoms with Crippen LogP contribution in [-0.4, -0.2) is 31.1 Å². The van der Waals surface area contributed by atoms with Crippen molar-refractivity contribution in [3.05, 3.63) is 60.0 Å². The van der Waals surface area contributed by atoms with Crippen LogP contribution < -0.4 is 9.46 Å². The first-order valence-corrected chi connectivity index (χ1v) is 12.4. The summed E-state index contributed by atoms with van der Waals surface area (Å²) in [5.41, 5.74) is 2.38. The van der Waals surface area contributed by atoms with E-state index < -0.39 is 10.0 Å². The Morgan fingerprint density at radius 3 is 2.26 bits per heavy atom. The summed E-state index contributed by atoms with van der Waals surface area (Å²) in [4.78, 5) is 4.44. The Bertz CT molecular complexity index is 1050. The van der Waals surface area contributed by atoms with Crippen LogP contribution in [0.5, 0.6) is 5.75 Å². The molecule has 3 aromatic rings. The number of hydrogen-bond acceptors (Lipinski definition) is 4. The molecule has 8 heteroatoms. The molecule has 0 atom stereocenters. The van der Waals surface area contributed by atoms with Crippen molar-refractivity contribution in [3.8, 4) is 22.7 Å². The normalized spacial score (nSPS) is 11.0. The Morgan fingerprint density at radius 1 is 1.03 bits per heavy atom. The number of ether oxygens (including phenoxy) is 1. The lowest BCUT2D eigenvalue weighted by molar-refractivity contribution is 0.340. The van der Waals surface area contributed by atoms with Gasteiger partial charge in [0.25, 0.3) is 0 Å². The van der Waals surface area contributed by atoms with Gasteiger partial charge in [-0.25, -0.2) is 18.1 Å². The molecule has 0 spiro atoms. The minimum atomic E-state index is -3.51. The van der Waals surface area contributed by atoms with Gasteiger partial charge in [-0.3, -0.25) is 4.57 Å². The molecule has 0 saturated heterocycles. The predicted molar refractivity (Wildman–Crippen MR) is 127 cm³/mol. The number of aromatic nitrogens is 2. The summed E-state index contributed by atoms with van der Waals surface area (Å²) in [5.74, 6) is 0.781. The maximum Gasteiger partial charge on any atom is 0.240 e. The van der Waals surface area contributed by atoms with Crippen LogP contribution in [0.2, 0.25) is 5.15 Å². The number of sulfonamides is 1. The molecule has 0 unspecified atom stereocenters. The van der Waals surface area contributed by atoms with Crippen molar-refractivity contribution in [2.45, 2.75) is 45.4 Å². The third-order valence-corrected chi connectivity index (χ3v) is 6.16. The average Bonchev–Trinajstić information content (AvgIpc) is 3.17. The van der Waals surface area contributed by atoms with E-state index in [2.05, 4.69) is 9.71 Å². The summed E-state index contributed by atoms with van der Waals surface area (Å²) in [7, 11) is -3.51. The van der Waals surface area contributed by atoms with Gasteiger partial charge >= 0.3 is 0 Å². The second kappa shape index (κ2) is 11.9. The van der Waals surface area contributed by atoms with Crippen molar-refractivity contribution < 1.29 is 13.2 Å². The van der Waals surface area contributed by atoms with Gasteiger partial charge in [0, 0.05) is 17.8 Å². The van der Waals surface area contributed by atoms with E-state index in [4.69, 9.17) is 16.3 Å². The number of benzene rings is 2. The van der Waals surface area contributed by atoms with Crippen LogP contribution in [0.25, 0.3) is 16.9 Å². The van der Waals surface area contributed by atoms with E-state index in [0.717, 1.165) is 35.5 Å². The molecule has 0 aliphatic carbocycles. The van der Waals surface area contributed by atoms with Gasteiger partial charge in [-0.05, 0) is 61.9 Å². The smallest absolute Gasteiger partial charge is 0.240 e. The molecular weight excluding hydrogens is 434 g/mol. The third-order valence-electron chi connectivity index (χ3n) is 4.41. The maximum atomic E-state index is 12.4. The van der Waals surface area contributed by atoms with Crippen molar-refractivity contribution in [1.82, 2.24) is 14.3 Å². The number of hydrogen-bond donors (Lipinski definition) is 1. The molecule has 0 bridgehead atoms. The van der Waals surface area contributed by atoms with Crippen molar-refractivity contribution in [2.75, 3.05) is 13.2 Å². The third kappa shape index (κ3) is 6.32. The van der Waals surface area contributed by atoms with E-state index >= 15 is 0 Å². The Labute approximate surface area is 190 Å². The van der Waals surface area contributed by atoms with Gasteiger partial charge in [0.2, 0.25) is 10.0 Å². The van der Waals surface area contributed by atoms with Crippen LogP contribution in [0, 0.1) is 0 Å². The molecular formula is C23H30ClN3O3S. The standard InChI is InChI=1S/C21H24ClN3O3S.C2H6/c1-3-5-14-24-29(26,27)19-12-8-17(9-13-19)25-15-23-21(22)20(25)16-6-10-18(11-7-16)28-4-2;1-2/h6-13,15,24H,3-5,14H2,1-2H3;1-2H3. The van der Waals surface area contributed by atoms with Crippen LogP contribution in [0.1, 0.15) is 40.5 Å². The van der Waals surface area contributed by atoms with E-state index in [1.807, 2.05) is 56.5 Å². The van der Waals surface area contributed by atoms with Gasteiger partial charge in [0.1, 0.15) is 12.1 Å². The zero-order chi connectivity index (χ0) is 22.9. The molecule has 1 aromatic heterocycles. The lowest BCUT2D eigenvalue weighted by Crippen LogP contribution is -2.24. The van der Waals surface area contributed by atoms with Gasteiger partial charge in [0.15, 0.2) is 5.15 Å². The van der Waals surface area contributed by atoms with Gasteiger partial charge < -0.3 is 4.74 Å². The van der Waals surface area contributed by atoms with Crippen LogP contribution in [0.4, 0.5) is 0 Å². The van der Waals surface area contributed by atoms with Crippen LogP contribution >= 0.6 is 11.6 Å². The molecule has 0 fully saturated rings. The monoisotopic (exact) mass is 463 g/mol. The van der Waals surface area contributed by atoms with E-state index in [1.165, 1.54) is 0 Å². The molecule has 0 amide bonds. The number of imidazole rings is 1. The maximum absolute atomic E-state index is 12.4. The highest BCUT2D eigenvalue weighted by Gasteiger charge is 2.16. The van der Waals surface area contributed by atoms with Crippen LogP contribution in [-0.2, 0) is 10.0 Å². The molecule has 0 radical (unpaired) electrons. The van der Waals surface area contributed by atoms with Gasteiger partial charge in [-0.2, -0.15) is 0 Å². The summed E-state index contributed by atoms with van der Waals surface area (Å²) in [6.45, 7) is 8.98. The number of nitrogens with one attached hydrogen (secondary N) is 1. The first-order chi connectivity index (χ1) is 15.0. The molecule has 0 aliphatic rings. The molecule has 1 heterocycles.